The van der Waals surface area contributed by atoms with E-state index < -0.39 is 0 Å². The van der Waals surface area contributed by atoms with Gasteiger partial charge in [0.25, 0.3) is 0 Å². The number of aliphatic hydroxyl groups excluding tert-OH is 1. The van der Waals surface area contributed by atoms with E-state index in [0.29, 0.717) is 37.9 Å². The molecule has 0 radical (unpaired) electrons. The van der Waals surface area contributed by atoms with E-state index in [1.54, 1.807) is 0 Å². The molecule has 2 heterocycles. The number of hydrogen-bond donors (Lipinski definition) is 1. The topological polar surface area (TPSA) is 49.8 Å². The zero-order valence-electron chi connectivity index (χ0n) is 9.19. The molecule has 0 spiro atoms. The maximum atomic E-state index is 11.6. The van der Waals surface area contributed by atoms with Gasteiger partial charge in [0.2, 0.25) is 0 Å². The molecular weight excluding hydrogens is 194 g/mol. The summed E-state index contributed by atoms with van der Waals surface area (Å²) in [5.74, 6) is 0.663. The van der Waals surface area contributed by atoms with Gasteiger partial charge in [0.15, 0.2) is 0 Å². The number of β-amino-alcohol motifs (C(OH)–C–C–N with tert-alkyl or cyclic N) is 1. The van der Waals surface area contributed by atoms with Crippen LogP contribution in [0.5, 0.6) is 0 Å². The summed E-state index contributed by atoms with van der Waals surface area (Å²) in [6.45, 7) is 5.52. The minimum absolute atomic E-state index is 0.0243. The summed E-state index contributed by atoms with van der Waals surface area (Å²) in [6.07, 6.45) is 0.320. The number of likely N-dealkylation sites (tertiary alicyclic amines) is 1. The molecule has 4 heteroatoms. The number of aliphatic hydroxyl groups is 1. The van der Waals surface area contributed by atoms with Crippen molar-refractivity contribution >= 4 is 5.78 Å². The first-order valence-corrected chi connectivity index (χ1v) is 5.67. The Hall–Kier alpha value is -0.450. The first kappa shape index (κ1) is 11.0. The lowest BCUT2D eigenvalue weighted by atomic mass is 10.0. The standard InChI is InChI=1S/C11H19NO3/c1-8-4-12(6-11(8)14)5-9-7-15-3-2-10(9)13/h8-9,11,14H,2-7H2,1H3. The lowest BCUT2D eigenvalue weighted by Gasteiger charge is -2.25. The number of carbonyl (C=O) groups is 1. The number of ketones is 1. The molecule has 0 amide bonds. The van der Waals surface area contributed by atoms with Gasteiger partial charge in [-0.25, -0.2) is 0 Å². The summed E-state index contributed by atoms with van der Waals surface area (Å²) in [6, 6.07) is 0. The van der Waals surface area contributed by atoms with Gasteiger partial charge in [0.05, 0.1) is 25.2 Å². The average Bonchev–Trinajstić information content (AvgIpc) is 2.50. The third-order valence-electron chi connectivity index (χ3n) is 3.39. The Kier molecular flexibility index (Phi) is 3.38. The van der Waals surface area contributed by atoms with Crippen LogP contribution in [0.3, 0.4) is 0 Å². The van der Waals surface area contributed by atoms with Gasteiger partial charge in [-0.2, -0.15) is 0 Å². The summed E-state index contributed by atoms with van der Waals surface area (Å²) >= 11 is 0. The molecule has 2 aliphatic rings. The van der Waals surface area contributed by atoms with E-state index >= 15 is 0 Å². The highest BCUT2D eigenvalue weighted by atomic mass is 16.5. The largest absolute Gasteiger partial charge is 0.391 e. The first-order chi connectivity index (χ1) is 7.16. The van der Waals surface area contributed by atoms with Crippen LogP contribution in [-0.4, -0.2) is 54.7 Å². The third-order valence-corrected chi connectivity index (χ3v) is 3.39. The summed E-state index contributed by atoms with van der Waals surface area (Å²) in [5, 5.41) is 9.61. The van der Waals surface area contributed by atoms with E-state index in [4.69, 9.17) is 4.74 Å². The Bertz CT molecular complexity index is 234. The van der Waals surface area contributed by atoms with Gasteiger partial charge in [0, 0.05) is 26.1 Å². The fraction of sp³-hybridized carbons (Fsp3) is 0.909. The van der Waals surface area contributed by atoms with Crippen molar-refractivity contribution < 1.29 is 14.6 Å². The van der Waals surface area contributed by atoms with Crippen LogP contribution in [0.1, 0.15) is 13.3 Å². The predicted molar refractivity (Wildman–Crippen MR) is 55.5 cm³/mol. The number of rotatable bonds is 2. The monoisotopic (exact) mass is 213 g/mol. The highest BCUT2D eigenvalue weighted by Gasteiger charge is 2.32. The number of Topliss-reactive ketones (excluding diaryl/α,β-unsaturated/α-hetero) is 1. The average molecular weight is 213 g/mol. The van der Waals surface area contributed by atoms with Crippen LogP contribution in [0.25, 0.3) is 0 Å². The Labute approximate surface area is 90.2 Å². The molecule has 0 bridgehead atoms. The number of hydrogen-bond acceptors (Lipinski definition) is 4. The van der Waals surface area contributed by atoms with E-state index in [1.165, 1.54) is 0 Å². The summed E-state index contributed by atoms with van der Waals surface area (Å²) < 4.78 is 5.31. The third kappa shape index (κ3) is 2.56. The predicted octanol–water partition coefficient (Wildman–Crippen LogP) is -0.0954. The molecular formula is C11H19NO3. The van der Waals surface area contributed by atoms with Crippen molar-refractivity contribution in [1.82, 2.24) is 4.90 Å². The molecule has 0 aromatic heterocycles. The van der Waals surface area contributed by atoms with Crippen molar-refractivity contribution in [2.75, 3.05) is 32.8 Å². The van der Waals surface area contributed by atoms with E-state index in [0.717, 1.165) is 13.1 Å². The van der Waals surface area contributed by atoms with Crippen molar-refractivity contribution in [2.24, 2.45) is 11.8 Å². The smallest absolute Gasteiger partial charge is 0.141 e. The van der Waals surface area contributed by atoms with Gasteiger partial charge in [0.1, 0.15) is 5.78 Å². The van der Waals surface area contributed by atoms with Crippen LogP contribution in [-0.2, 0) is 9.53 Å². The summed E-state index contributed by atoms with van der Waals surface area (Å²) in [4.78, 5) is 13.7. The van der Waals surface area contributed by atoms with Crippen molar-refractivity contribution in [3.05, 3.63) is 0 Å². The molecule has 3 atom stereocenters. The highest BCUT2D eigenvalue weighted by Crippen LogP contribution is 2.19. The molecule has 2 rings (SSSR count). The second-order valence-electron chi connectivity index (χ2n) is 4.75. The second kappa shape index (κ2) is 4.60. The van der Waals surface area contributed by atoms with Gasteiger partial charge in [-0.1, -0.05) is 6.92 Å². The Balaban J connectivity index is 1.84. The molecule has 86 valence electrons. The van der Waals surface area contributed by atoms with Crippen LogP contribution in [0, 0.1) is 11.8 Å². The molecule has 3 unspecified atom stereocenters. The Morgan fingerprint density at radius 1 is 1.53 bits per heavy atom. The van der Waals surface area contributed by atoms with Crippen LogP contribution in [0.15, 0.2) is 0 Å². The van der Waals surface area contributed by atoms with Crippen molar-refractivity contribution in [3.8, 4) is 0 Å². The van der Waals surface area contributed by atoms with Gasteiger partial charge in [-0.3, -0.25) is 9.69 Å². The van der Waals surface area contributed by atoms with Gasteiger partial charge in [-0.15, -0.1) is 0 Å². The van der Waals surface area contributed by atoms with E-state index in [-0.39, 0.29) is 12.0 Å². The molecule has 2 saturated heterocycles. The molecule has 2 aliphatic heterocycles. The molecule has 0 aromatic rings. The van der Waals surface area contributed by atoms with E-state index in [9.17, 15) is 9.90 Å². The second-order valence-corrected chi connectivity index (χ2v) is 4.75. The molecule has 0 saturated carbocycles. The number of carbonyl (C=O) groups excluding carboxylic acids is 1. The van der Waals surface area contributed by atoms with Gasteiger partial charge in [-0.05, 0) is 5.92 Å². The van der Waals surface area contributed by atoms with Crippen LogP contribution >= 0.6 is 0 Å². The molecule has 4 nitrogen and oxygen atoms in total. The fourth-order valence-electron chi connectivity index (χ4n) is 2.36. The maximum absolute atomic E-state index is 11.6. The quantitative estimate of drug-likeness (QED) is 0.696. The number of nitrogens with zero attached hydrogens (tertiary/aromatic N) is 1. The maximum Gasteiger partial charge on any atom is 0.141 e. The Morgan fingerprint density at radius 2 is 2.33 bits per heavy atom. The minimum Gasteiger partial charge on any atom is -0.391 e. The molecule has 2 fully saturated rings. The van der Waals surface area contributed by atoms with Crippen molar-refractivity contribution in [2.45, 2.75) is 19.4 Å². The molecule has 15 heavy (non-hydrogen) atoms. The lowest BCUT2D eigenvalue weighted by molar-refractivity contribution is -0.131. The van der Waals surface area contributed by atoms with E-state index in [1.807, 2.05) is 6.92 Å². The highest BCUT2D eigenvalue weighted by molar-refractivity contribution is 5.82. The van der Waals surface area contributed by atoms with Crippen molar-refractivity contribution in [1.29, 1.82) is 0 Å². The summed E-state index contributed by atoms with van der Waals surface area (Å²) in [7, 11) is 0. The Morgan fingerprint density at radius 3 is 2.93 bits per heavy atom. The van der Waals surface area contributed by atoms with Gasteiger partial charge >= 0.3 is 0 Å². The van der Waals surface area contributed by atoms with Gasteiger partial charge < -0.3 is 9.84 Å². The molecule has 0 aliphatic carbocycles. The molecule has 0 aromatic carbocycles. The minimum atomic E-state index is -0.232. The van der Waals surface area contributed by atoms with Crippen LogP contribution < -0.4 is 0 Å². The first-order valence-electron chi connectivity index (χ1n) is 5.67. The fourth-order valence-corrected chi connectivity index (χ4v) is 2.36. The zero-order valence-corrected chi connectivity index (χ0v) is 9.19. The number of ether oxygens (including phenoxy) is 1. The van der Waals surface area contributed by atoms with Crippen LogP contribution in [0.2, 0.25) is 0 Å². The molecule has 1 N–H and O–H groups in total. The van der Waals surface area contributed by atoms with Crippen molar-refractivity contribution in [3.63, 3.8) is 0 Å². The zero-order chi connectivity index (χ0) is 10.8. The SMILES string of the molecule is CC1CN(CC2COCCC2=O)CC1O. The lowest BCUT2D eigenvalue weighted by Crippen LogP contribution is -2.38. The van der Waals surface area contributed by atoms with E-state index in [2.05, 4.69) is 4.90 Å². The summed E-state index contributed by atoms with van der Waals surface area (Å²) in [5.41, 5.74) is 0. The van der Waals surface area contributed by atoms with Crippen LogP contribution in [0.4, 0.5) is 0 Å². The normalized spacial score (nSPS) is 38.5.